The molecule has 0 saturated carbocycles. The highest BCUT2D eigenvalue weighted by Crippen LogP contribution is 2.36. The monoisotopic (exact) mass is 644 g/mol. The van der Waals surface area contributed by atoms with Crippen molar-refractivity contribution in [3.63, 3.8) is 0 Å². The lowest BCUT2D eigenvalue weighted by molar-refractivity contribution is -0.161. The number of ether oxygens (including phenoxy) is 2. The summed E-state index contributed by atoms with van der Waals surface area (Å²) < 4.78 is 26.1. The van der Waals surface area contributed by atoms with E-state index in [1.807, 2.05) is 12.2 Å². The van der Waals surface area contributed by atoms with Crippen LogP contribution in [0.5, 0.6) is 0 Å². The number of carbonyl (C=O) groups is 3. The van der Waals surface area contributed by atoms with Crippen LogP contribution in [-0.4, -0.2) is 46.8 Å². The third-order valence-electron chi connectivity index (χ3n) is 7.13. The fourth-order valence-electron chi connectivity index (χ4n) is 4.54. The largest absolute Gasteiger partial charge is 0.469 e. The van der Waals surface area contributed by atoms with Gasteiger partial charge in [0.2, 0.25) is 0 Å². The number of unbranched alkanes of at least 4 members (excludes halogenated alkanes) is 13. The Morgan fingerprint density at radius 2 is 1.27 bits per heavy atom. The van der Waals surface area contributed by atoms with Gasteiger partial charge in [0.1, 0.15) is 6.61 Å². The lowest BCUT2D eigenvalue weighted by atomic mass is 10.0. The SMILES string of the molecule is CCCCCC(=O)/C=C/C=C\CCCCCCCC(=O)OC[C@H](COP(=O)(O)O)OC(=O)CCCCCCCCCC(C)C. The van der Waals surface area contributed by atoms with E-state index in [0.29, 0.717) is 19.3 Å². The predicted molar refractivity (Wildman–Crippen MR) is 175 cm³/mol. The standard InChI is InChI=1S/C34H61O9P/c1-4-5-18-24-31(35)25-20-15-11-7-6-8-12-16-21-26-33(36)41-28-32(29-42-44(38,39)40)43-34(37)27-22-17-13-9-10-14-19-23-30(2)3/h11,15,20,25,30,32H,4-10,12-14,16-19,21-24,26-29H2,1-3H3,(H2,38,39,40)/b15-11-,25-20+/t32-/m1/s1. The van der Waals surface area contributed by atoms with E-state index in [0.717, 1.165) is 76.5 Å². The molecule has 0 spiro atoms. The minimum Gasteiger partial charge on any atom is -0.462 e. The molecule has 0 aromatic heterocycles. The molecule has 0 saturated heterocycles. The second-order valence-corrected chi connectivity index (χ2v) is 13.2. The number of esters is 2. The molecule has 256 valence electrons. The molecule has 1 atom stereocenters. The number of phosphoric ester groups is 1. The topological polar surface area (TPSA) is 136 Å². The minimum atomic E-state index is -4.76. The lowest BCUT2D eigenvalue weighted by Gasteiger charge is -2.18. The van der Waals surface area contributed by atoms with Gasteiger partial charge < -0.3 is 19.3 Å². The van der Waals surface area contributed by atoms with Gasteiger partial charge in [0.05, 0.1) is 6.61 Å². The molecule has 0 rings (SSSR count). The highest BCUT2D eigenvalue weighted by molar-refractivity contribution is 7.46. The molecular formula is C34H61O9P. The van der Waals surface area contributed by atoms with E-state index in [2.05, 4.69) is 31.4 Å². The van der Waals surface area contributed by atoms with Gasteiger partial charge in [-0.1, -0.05) is 116 Å². The number of phosphoric acid groups is 1. The molecule has 0 aliphatic rings. The van der Waals surface area contributed by atoms with Gasteiger partial charge in [-0.3, -0.25) is 18.9 Å². The molecule has 0 aromatic rings. The van der Waals surface area contributed by atoms with Gasteiger partial charge in [-0.25, -0.2) is 4.57 Å². The number of hydrogen-bond donors (Lipinski definition) is 2. The molecule has 0 heterocycles. The zero-order valence-corrected chi connectivity index (χ0v) is 28.6. The van der Waals surface area contributed by atoms with Crippen LogP contribution in [-0.2, 0) is 32.9 Å². The summed E-state index contributed by atoms with van der Waals surface area (Å²) in [7, 11) is -4.76. The summed E-state index contributed by atoms with van der Waals surface area (Å²) >= 11 is 0. The summed E-state index contributed by atoms with van der Waals surface area (Å²) in [5.74, 6) is -0.0335. The van der Waals surface area contributed by atoms with Crippen molar-refractivity contribution in [1.29, 1.82) is 0 Å². The average Bonchev–Trinajstić information content (AvgIpc) is 2.95. The number of carbonyl (C=O) groups excluding carboxylic acids is 3. The highest BCUT2D eigenvalue weighted by Gasteiger charge is 2.22. The Hall–Kier alpha value is -1.80. The van der Waals surface area contributed by atoms with E-state index in [1.54, 1.807) is 6.08 Å². The fraction of sp³-hybridized carbons (Fsp3) is 0.794. The molecule has 0 radical (unpaired) electrons. The first-order valence-electron chi connectivity index (χ1n) is 16.9. The summed E-state index contributed by atoms with van der Waals surface area (Å²) in [5, 5.41) is 0. The summed E-state index contributed by atoms with van der Waals surface area (Å²) in [4.78, 5) is 54.1. The van der Waals surface area contributed by atoms with Crippen molar-refractivity contribution in [1.82, 2.24) is 0 Å². The third kappa shape index (κ3) is 31.6. The molecule has 0 aliphatic carbocycles. The predicted octanol–water partition coefficient (Wildman–Crippen LogP) is 8.71. The summed E-state index contributed by atoms with van der Waals surface area (Å²) in [6, 6.07) is 0. The maximum Gasteiger partial charge on any atom is 0.469 e. The van der Waals surface area contributed by atoms with Gasteiger partial charge in [0, 0.05) is 19.3 Å². The fourth-order valence-corrected chi connectivity index (χ4v) is 4.90. The van der Waals surface area contributed by atoms with Crippen LogP contribution in [0.3, 0.4) is 0 Å². The van der Waals surface area contributed by atoms with Gasteiger partial charge in [0.25, 0.3) is 0 Å². The molecule has 0 bridgehead atoms. The molecule has 10 heteroatoms. The Morgan fingerprint density at radius 1 is 0.705 bits per heavy atom. The summed E-state index contributed by atoms with van der Waals surface area (Å²) in [5.41, 5.74) is 0. The maximum atomic E-state index is 12.3. The van der Waals surface area contributed by atoms with Gasteiger partial charge in [-0.2, -0.15) is 0 Å². The van der Waals surface area contributed by atoms with E-state index in [4.69, 9.17) is 19.3 Å². The highest BCUT2D eigenvalue weighted by atomic mass is 31.2. The Morgan fingerprint density at radius 3 is 1.89 bits per heavy atom. The van der Waals surface area contributed by atoms with E-state index < -0.39 is 32.5 Å². The van der Waals surface area contributed by atoms with Crippen LogP contribution in [0.25, 0.3) is 0 Å². The number of hydrogen-bond acceptors (Lipinski definition) is 7. The Balaban J connectivity index is 4.08. The van der Waals surface area contributed by atoms with Gasteiger partial charge in [-0.05, 0) is 44.1 Å². The number of rotatable bonds is 30. The first kappa shape index (κ1) is 42.2. The van der Waals surface area contributed by atoms with Crippen molar-refractivity contribution in [3.8, 4) is 0 Å². The first-order valence-corrected chi connectivity index (χ1v) is 18.5. The van der Waals surface area contributed by atoms with E-state index >= 15 is 0 Å². The Labute approximate surface area is 266 Å². The lowest BCUT2D eigenvalue weighted by Crippen LogP contribution is -2.29. The average molecular weight is 645 g/mol. The van der Waals surface area contributed by atoms with Crippen LogP contribution in [0.15, 0.2) is 24.3 Å². The second kappa shape index (κ2) is 28.7. The summed E-state index contributed by atoms with van der Waals surface area (Å²) in [6.07, 6.45) is 24.8. The number of allylic oxidation sites excluding steroid dienone is 4. The van der Waals surface area contributed by atoms with E-state index in [-0.39, 0.29) is 25.2 Å². The van der Waals surface area contributed by atoms with Crippen LogP contribution < -0.4 is 0 Å². The normalized spacial score (nSPS) is 12.8. The smallest absolute Gasteiger partial charge is 0.462 e. The molecule has 2 N–H and O–H groups in total. The van der Waals surface area contributed by atoms with Crippen molar-refractivity contribution in [3.05, 3.63) is 24.3 Å². The molecule has 0 aromatic carbocycles. The van der Waals surface area contributed by atoms with Gasteiger partial charge in [-0.15, -0.1) is 0 Å². The zero-order valence-electron chi connectivity index (χ0n) is 27.7. The molecule has 0 fully saturated rings. The molecule has 0 amide bonds. The van der Waals surface area contributed by atoms with Crippen molar-refractivity contribution in [2.24, 2.45) is 5.92 Å². The van der Waals surface area contributed by atoms with Gasteiger partial charge >= 0.3 is 19.8 Å². The quantitative estimate of drug-likeness (QED) is 0.0259. The van der Waals surface area contributed by atoms with Crippen LogP contribution in [0, 0.1) is 5.92 Å². The Kier molecular flexibility index (Phi) is 27.5. The first-order chi connectivity index (χ1) is 21.0. The number of ketones is 1. The molecule has 9 nitrogen and oxygen atoms in total. The molecule has 0 aliphatic heterocycles. The van der Waals surface area contributed by atoms with E-state index in [1.165, 1.54) is 25.7 Å². The summed E-state index contributed by atoms with van der Waals surface area (Å²) in [6.45, 7) is 5.72. The maximum absolute atomic E-state index is 12.3. The molecular weight excluding hydrogens is 583 g/mol. The van der Waals surface area contributed by atoms with Crippen molar-refractivity contribution in [2.75, 3.05) is 13.2 Å². The van der Waals surface area contributed by atoms with E-state index in [9.17, 15) is 18.9 Å². The van der Waals surface area contributed by atoms with Crippen LogP contribution in [0.1, 0.15) is 149 Å². The van der Waals surface area contributed by atoms with Crippen molar-refractivity contribution in [2.45, 2.75) is 155 Å². The van der Waals surface area contributed by atoms with Crippen LogP contribution >= 0.6 is 7.82 Å². The van der Waals surface area contributed by atoms with Gasteiger partial charge in [0.15, 0.2) is 11.9 Å². The molecule has 0 unspecified atom stereocenters. The minimum absolute atomic E-state index is 0.173. The molecule has 44 heavy (non-hydrogen) atoms. The van der Waals surface area contributed by atoms with Crippen LogP contribution in [0.4, 0.5) is 0 Å². The Bertz CT molecular complexity index is 848. The zero-order chi connectivity index (χ0) is 32.9. The van der Waals surface area contributed by atoms with Crippen LogP contribution in [0.2, 0.25) is 0 Å². The van der Waals surface area contributed by atoms with Crippen molar-refractivity contribution < 1.29 is 42.7 Å². The third-order valence-corrected chi connectivity index (χ3v) is 7.61. The second-order valence-electron chi connectivity index (χ2n) is 12.0. The van der Waals surface area contributed by atoms with Crippen molar-refractivity contribution >= 4 is 25.5 Å².